The first kappa shape index (κ1) is 24.1. The number of thiophene rings is 1. The van der Waals surface area contributed by atoms with Crippen molar-refractivity contribution in [1.82, 2.24) is 25.2 Å². The average molecular weight is 492 g/mol. The highest BCUT2D eigenvalue weighted by Gasteiger charge is 2.34. The summed E-state index contributed by atoms with van der Waals surface area (Å²) in [6.07, 6.45) is 5.26. The molecule has 3 aromatic rings. The number of pyridine rings is 1. The van der Waals surface area contributed by atoms with Gasteiger partial charge in [0, 0.05) is 44.4 Å². The fourth-order valence-electron chi connectivity index (χ4n) is 4.04. The van der Waals surface area contributed by atoms with Crippen LogP contribution in [0.5, 0.6) is 0 Å². The lowest BCUT2D eigenvalue weighted by atomic mass is 9.91. The van der Waals surface area contributed by atoms with Gasteiger partial charge in [0.05, 0.1) is 15.1 Å². The van der Waals surface area contributed by atoms with Crippen LogP contribution in [0, 0.1) is 5.92 Å². The first-order chi connectivity index (χ1) is 16.3. The van der Waals surface area contributed by atoms with Gasteiger partial charge >= 0.3 is 6.18 Å². The number of halogens is 3. The van der Waals surface area contributed by atoms with Gasteiger partial charge in [-0.05, 0) is 42.7 Å². The minimum absolute atomic E-state index is 0.0668. The largest absolute Gasteiger partial charge is 0.451 e. The van der Waals surface area contributed by atoms with Crippen molar-refractivity contribution < 1.29 is 22.8 Å². The third-order valence-corrected chi connectivity index (χ3v) is 7.01. The van der Waals surface area contributed by atoms with E-state index in [0.717, 1.165) is 54.6 Å². The molecule has 0 atom stereocenters. The van der Waals surface area contributed by atoms with Crippen LogP contribution in [0.15, 0.2) is 36.9 Å². The Morgan fingerprint density at radius 3 is 2.53 bits per heavy atom. The number of nitrogens with one attached hydrogen (secondary N) is 1. The zero-order chi connectivity index (χ0) is 24.1. The topological polar surface area (TPSA) is 88.1 Å². The van der Waals surface area contributed by atoms with Gasteiger partial charge in [0.2, 0.25) is 5.82 Å². The minimum atomic E-state index is -4.63. The number of aromatic nitrogens is 3. The molecule has 3 aromatic heterocycles. The molecule has 0 aromatic carbocycles. The van der Waals surface area contributed by atoms with Crippen molar-refractivity contribution in [3.05, 3.63) is 53.2 Å². The van der Waals surface area contributed by atoms with Crippen molar-refractivity contribution in [1.29, 1.82) is 0 Å². The van der Waals surface area contributed by atoms with Gasteiger partial charge in [-0.2, -0.15) is 13.2 Å². The molecule has 7 nitrogen and oxygen atoms in total. The van der Waals surface area contributed by atoms with Crippen molar-refractivity contribution in [2.24, 2.45) is 5.92 Å². The maximum absolute atomic E-state index is 12.6. The Hall–Kier alpha value is -3.08. The standard InChI is InChI=1S/C23H24F3N5O2S/c24-23(25,26)22-29-12-17(13-30-22)21(33)31-9-5-15(6-10-31)3-1-2-7-28-20(32)18-11-16-4-8-27-14-19(16)34-18/h4,8,11-15H,1-3,5-7,9-10H2,(H,28,32). The normalized spacial score (nSPS) is 15.0. The second-order valence-corrected chi connectivity index (χ2v) is 9.39. The Morgan fingerprint density at radius 1 is 1.12 bits per heavy atom. The van der Waals surface area contributed by atoms with Crippen LogP contribution in [0.4, 0.5) is 13.2 Å². The molecular formula is C23H24F3N5O2S. The number of unbranched alkanes of at least 4 members (excludes halogenated alkanes) is 1. The number of amides is 2. The summed E-state index contributed by atoms with van der Waals surface area (Å²) in [6.45, 7) is 1.72. The van der Waals surface area contributed by atoms with Crippen LogP contribution < -0.4 is 5.32 Å². The van der Waals surface area contributed by atoms with Gasteiger partial charge in [-0.1, -0.05) is 12.8 Å². The lowest BCUT2D eigenvalue weighted by Crippen LogP contribution is -2.38. The minimum Gasteiger partial charge on any atom is -0.351 e. The van der Waals surface area contributed by atoms with E-state index in [2.05, 4.69) is 20.3 Å². The molecule has 1 N–H and O–H groups in total. The van der Waals surface area contributed by atoms with Crippen LogP contribution in [0.2, 0.25) is 0 Å². The smallest absolute Gasteiger partial charge is 0.351 e. The van der Waals surface area contributed by atoms with Gasteiger partial charge in [0.15, 0.2) is 0 Å². The van der Waals surface area contributed by atoms with Crippen molar-refractivity contribution in [3.8, 4) is 0 Å². The summed E-state index contributed by atoms with van der Waals surface area (Å²) in [4.78, 5) is 37.8. The zero-order valence-corrected chi connectivity index (χ0v) is 19.2. The molecule has 1 aliphatic rings. The summed E-state index contributed by atoms with van der Waals surface area (Å²) >= 11 is 1.43. The van der Waals surface area contributed by atoms with Crippen molar-refractivity contribution in [2.75, 3.05) is 19.6 Å². The number of carbonyl (C=O) groups is 2. The molecule has 34 heavy (non-hydrogen) atoms. The number of likely N-dealkylation sites (tertiary alicyclic amines) is 1. The zero-order valence-electron chi connectivity index (χ0n) is 18.3. The Bertz CT molecular complexity index is 1110. The highest BCUT2D eigenvalue weighted by Crippen LogP contribution is 2.27. The predicted octanol–water partition coefficient (Wildman–Crippen LogP) is 4.56. The number of nitrogens with zero attached hydrogens (tertiary/aromatic N) is 4. The molecule has 0 aliphatic carbocycles. The van der Waals surface area contributed by atoms with E-state index >= 15 is 0 Å². The molecule has 0 unspecified atom stereocenters. The summed E-state index contributed by atoms with van der Waals surface area (Å²) in [7, 11) is 0. The van der Waals surface area contributed by atoms with Crippen molar-refractivity contribution in [3.63, 3.8) is 0 Å². The van der Waals surface area contributed by atoms with Gasteiger partial charge < -0.3 is 10.2 Å². The van der Waals surface area contributed by atoms with Gasteiger partial charge in [-0.3, -0.25) is 14.6 Å². The molecule has 1 saturated heterocycles. The molecule has 180 valence electrons. The summed E-state index contributed by atoms with van der Waals surface area (Å²) in [5.74, 6) is -1.18. The number of piperidine rings is 1. The number of rotatable bonds is 7. The highest BCUT2D eigenvalue weighted by atomic mass is 32.1. The molecule has 0 radical (unpaired) electrons. The number of alkyl halides is 3. The summed E-state index contributed by atoms with van der Waals surface area (Å²) in [5.41, 5.74) is 0.0668. The van der Waals surface area contributed by atoms with E-state index in [1.54, 1.807) is 17.3 Å². The summed E-state index contributed by atoms with van der Waals surface area (Å²) < 4.78 is 38.7. The Kier molecular flexibility index (Phi) is 7.40. The number of hydrogen-bond acceptors (Lipinski definition) is 6. The van der Waals surface area contributed by atoms with Gasteiger partial charge in [-0.25, -0.2) is 9.97 Å². The second kappa shape index (κ2) is 10.5. The fourth-order valence-corrected chi connectivity index (χ4v) is 4.98. The molecule has 2 amide bonds. The van der Waals surface area contributed by atoms with Crippen LogP contribution >= 0.6 is 11.3 Å². The highest BCUT2D eigenvalue weighted by molar-refractivity contribution is 7.20. The number of hydrogen-bond donors (Lipinski definition) is 1. The van der Waals surface area contributed by atoms with E-state index in [1.165, 1.54) is 11.3 Å². The molecule has 4 rings (SSSR count). The summed E-state index contributed by atoms with van der Waals surface area (Å²) in [6, 6.07) is 3.77. The molecule has 11 heteroatoms. The number of fused-ring (bicyclic) bond motifs is 1. The maximum atomic E-state index is 12.6. The third-order valence-electron chi connectivity index (χ3n) is 5.93. The van der Waals surface area contributed by atoms with E-state index in [1.807, 2.05) is 12.1 Å². The van der Waals surface area contributed by atoms with Crippen molar-refractivity contribution >= 4 is 33.2 Å². The van der Waals surface area contributed by atoms with E-state index in [0.29, 0.717) is 30.4 Å². The molecule has 1 fully saturated rings. The van der Waals surface area contributed by atoms with Crippen molar-refractivity contribution in [2.45, 2.75) is 38.3 Å². The second-order valence-electron chi connectivity index (χ2n) is 8.30. The quantitative estimate of drug-likeness (QED) is 0.490. The Balaban J connectivity index is 1.14. The predicted molar refractivity (Wildman–Crippen MR) is 121 cm³/mol. The van der Waals surface area contributed by atoms with Crippen LogP contribution in [0.25, 0.3) is 10.1 Å². The van der Waals surface area contributed by atoms with Crippen LogP contribution in [-0.4, -0.2) is 51.3 Å². The maximum Gasteiger partial charge on any atom is 0.451 e. The van der Waals surface area contributed by atoms with Gasteiger partial charge in [-0.15, -0.1) is 11.3 Å². The Labute approximate surface area is 198 Å². The lowest BCUT2D eigenvalue weighted by molar-refractivity contribution is -0.145. The first-order valence-electron chi connectivity index (χ1n) is 11.1. The van der Waals surface area contributed by atoms with Gasteiger partial charge in [0.1, 0.15) is 0 Å². The van der Waals surface area contributed by atoms with E-state index in [9.17, 15) is 22.8 Å². The lowest BCUT2D eigenvalue weighted by Gasteiger charge is -2.32. The van der Waals surface area contributed by atoms with Gasteiger partial charge in [0.25, 0.3) is 11.8 Å². The van der Waals surface area contributed by atoms with Crippen LogP contribution in [0.3, 0.4) is 0 Å². The van der Waals surface area contributed by atoms with E-state index in [4.69, 9.17) is 0 Å². The van der Waals surface area contributed by atoms with E-state index < -0.39 is 12.0 Å². The molecule has 0 saturated carbocycles. The summed E-state index contributed by atoms with van der Waals surface area (Å²) in [5, 5.41) is 3.98. The molecule has 0 bridgehead atoms. The number of carbonyl (C=O) groups excluding carboxylic acids is 2. The fraction of sp³-hybridized carbons (Fsp3) is 0.435. The third kappa shape index (κ3) is 5.88. The molecule has 4 heterocycles. The first-order valence-corrected chi connectivity index (χ1v) is 11.9. The monoisotopic (exact) mass is 491 g/mol. The van der Waals surface area contributed by atoms with Crippen LogP contribution in [0.1, 0.15) is 58.0 Å². The molecular weight excluding hydrogens is 467 g/mol. The molecule has 0 spiro atoms. The van der Waals surface area contributed by atoms with Crippen LogP contribution in [-0.2, 0) is 6.18 Å². The SMILES string of the molecule is O=C(NCCCCC1CCN(C(=O)c2cnc(C(F)(F)F)nc2)CC1)c1cc2ccncc2s1. The average Bonchev–Trinajstić information content (AvgIpc) is 3.28. The molecule has 1 aliphatic heterocycles. The Morgan fingerprint density at radius 2 is 1.85 bits per heavy atom. The van der Waals surface area contributed by atoms with E-state index in [-0.39, 0.29) is 17.4 Å².